The van der Waals surface area contributed by atoms with Gasteiger partial charge in [-0.15, -0.1) is 5.10 Å². The van der Waals surface area contributed by atoms with Gasteiger partial charge in [-0.1, -0.05) is 12.1 Å². The SMILES string of the molecule is CC(CO)CNCCn1cc(C(=O)O)nn1. The zero-order valence-electron chi connectivity index (χ0n) is 9.13. The van der Waals surface area contributed by atoms with Crippen LogP contribution in [0.15, 0.2) is 6.20 Å². The van der Waals surface area contributed by atoms with Crippen molar-refractivity contribution in [3.8, 4) is 0 Å². The lowest BCUT2D eigenvalue weighted by Gasteiger charge is -2.08. The average molecular weight is 228 g/mol. The Bertz CT molecular complexity index is 339. The summed E-state index contributed by atoms with van der Waals surface area (Å²) in [6.07, 6.45) is 1.39. The van der Waals surface area contributed by atoms with Crippen molar-refractivity contribution in [2.45, 2.75) is 13.5 Å². The third kappa shape index (κ3) is 3.95. The minimum atomic E-state index is -1.08. The van der Waals surface area contributed by atoms with Crippen LogP contribution in [-0.2, 0) is 6.54 Å². The van der Waals surface area contributed by atoms with Crippen LogP contribution in [0.5, 0.6) is 0 Å². The second-order valence-electron chi connectivity index (χ2n) is 3.66. The molecule has 0 fully saturated rings. The van der Waals surface area contributed by atoms with Crippen LogP contribution in [0.1, 0.15) is 17.4 Å². The number of hydrogen-bond donors (Lipinski definition) is 3. The van der Waals surface area contributed by atoms with Gasteiger partial charge in [0.1, 0.15) is 0 Å². The first-order chi connectivity index (χ1) is 7.63. The van der Waals surface area contributed by atoms with Gasteiger partial charge in [-0.25, -0.2) is 4.79 Å². The third-order valence-electron chi connectivity index (χ3n) is 2.08. The van der Waals surface area contributed by atoms with E-state index in [1.807, 2.05) is 6.92 Å². The van der Waals surface area contributed by atoms with Gasteiger partial charge in [-0.2, -0.15) is 0 Å². The minimum Gasteiger partial charge on any atom is -0.476 e. The Kier molecular flexibility index (Phi) is 4.87. The summed E-state index contributed by atoms with van der Waals surface area (Å²) >= 11 is 0. The number of carbonyl (C=O) groups is 1. The molecule has 0 radical (unpaired) electrons. The maximum atomic E-state index is 10.5. The molecule has 0 aliphatic carbocycles. The number of carboxylic acids is 1. The molecule has 1 unspecified atom stereocenters. The second kappa shape index (κ2) is 6.19. The van der Waals surface area contributed by atoms with E-state index in [0.717, 1.165) is 6.54 Å². The Morgan fingerprint density at radius 3 is 3.00 bits per heavy atom. The van der Waals surface area contributed by atoms with Gasteiger partial charge in [-0.3, -0.25) is 4.68 Å². The first-order valence-corrected chi connectivity index (χ1v) is 5.08. The molecule has 1 rings (SSSR count). The van der Waals surface area contributed by atoms with Crippen LogP contribution >= 0.6 is 0 Å². The molecule has 1 heterocycles. The molecule has 7 heteroatoms. The molecule has 1 atom stereocenters. The van der Waals surface area contributed by atoms with E-state index in [0.29, 0.717) is 13.1 Å². The van der Waals surface area contributed by atoms with Crippen LogP contribution in [0.3, 0.4) is 0 Å². The highest BCUT2D eigenvalue weighted by molar-refractivity contribution is 5.84. The number of aromatic nitrogens is 3. The van der Waals surface area contributed by atoms with Gasteiger partial charge >= 0.3 is 5.97 Å². The molecule has 1 aromatic rings. The molecular weight excluding hydrogens is 212 g/mol. The number of rotatable bonds is 7. The number of aliphatic hydroxyl groups is 1. The lowest BCUT2D eigenvalue weighted by molar-refractivity contribution is 0.0690. The van der Waals surface area contributed by atoms with Crippen molar-refractivity contribution in [2.75, 3.05) is 19.7 Å². The first-order valence-electron chi connectivity index (χ1n) is 5.08. The van der Waals surface area contributed by atoms with Crippen LogP contribution in [0, 0.1) is 5.92 Å². The number of aliphatic hydroxyl groups excluding tert-OH is 1. The van der Waals surface area contributed by atoms with E-state index in [1.54, 1.807) is 0 Å². The van der Waals surface area contributed by atoms with Crippen molar-refractivity contribution in [1.29, 1.82) is 0 Å². The van der Waals surface area contributed by atoms with E-state index in [2.05, 4.69) is 15.6 Å². The molecule has 0 aromatic carbocycles. The molecule has 1 aromatic heterocycles. The predicted octanol–water partition coefficient (Wildman–Crippen LogP) is -0.806. The van der Waals surface area contributed by atoms with Gasteiger partial charge in [-0.05, 0) is 12.5 Å². The number of aromatic carboxylic acids is 1. The molecule has 3 N–H and O–H groups in total. The zero-order valence-corrected chi connectivity index (χ0v) is 9.13. The summed E-state index contributed by atoms with van der Waals surface area (Å²) in [5.74, 6) is -0.863. The van der Waals surface area contributed by atoms with Crippen molar-refractivity contribution in [3.63, 3.8) is 0 Å². The van der Waals surface area contributed by atoms with Crippen molar-refractivity contribution in [1.82, 2.24) is 20.3 Å². The zero-order chi connectivity index (χ0) is 12.0. The molecule has 90 valence electrons. The van der Waals surface area contributed by atoms with Gasteiger partial charge in [0.2, 0.25) is 0 Å². The molecule has 0 amide bonds. The first kappa shape index (κ1) is 12.6. The van der Waals surface area contributed by atoms with Crippen LogP contribution < -0.4 is 5.32 Å². The monoisotopic (exact) mass is 228 g/mol. The highest BCUT2D eigenvalue weighted by Crippen LogP contribution is 1.92. The highest BCUT2D eigenvalue weighted by Gasteiger charge is 2.07. The van der Waals surface area contributed by atoms with Crippen LogP contribution in [0.2, 0.25) is 0 Å². The largest absolute Gasteiger partial charge is 0.476 e. The normalized spacial score (nSPS) is 12.6. The topological polar surface area (TPSA) is 100 Å². The maximum Gasteiger partial charge on any atom is 0.358 e. The van der Waals surface area contributed by atoms with Gasteiger partial charge < -0.3 is 15.5 Å². The van der Waals surface area contributed by atoms with Crippen molar-refractivity contribution >= 4 is 5.97 Å². The summed E-state index contributed by atoms with van der Waals surface area (Å²) in [5.41, 5.74) is -0.0521. The Balaban J connectivity index is 2.24. The summed E-state index contributed by atoms with van der Waals surface area (Å²) in [4.78, 5) is 10.5. The smallest absolute Gasteiger partial charge is 0.358 e. The van der Waals surface area contributed by atoms with Gasteiger partial charge in [0.15, 0.2) is 5.69 Å². The van der Waals surface area contributed by atoms with E-state index in [9.17, 15) is 4.79 Å². The van der Waals surface area contributed by atoms with Crippen molar-refractivity contribution in [3.05, 3.63) is 11.9 Å². The van der Waals surface area contributed by atoms with E-state index >= 15 is 0 Å². The summed E-state index contributed by atoms with van der Waals surface area (Å²) in [5, 5.41) is 27.7. The quantitative estimate of drug-likeness (QED) is 0.528. The Hall–Kier alpha value is -1.47. The number of hydrogen-bond acceptors (Lipinski definition) is 5. The van der Waals surface area contributed by atoms with Crippen molar-refractivity contribution < 1.29 is 15.0 Å². The maximum absolute atomic E-state index is 10.5. The Labute approximate surface area is 93.1 Å². The summed E-state index contributed by atoms with van der Waals surface area (Å²) < 4.78 is 1.47. The lowest BCUT2D eigenvalue weighted by Crippen LogP contribution is -2.26. The van der Waals surface area contributed by atoms with E-state index in [1.165, 1.54) is 10.9 Å². The molecule has 7 nitrogen and oxygen atoms in total. The standard InChI is InChI=1S/C9H16N4O3/c1-7(6-14)4-10-2-3-13-5-8(9(15)16)11-12-13/h5,7,10,14H,2-4,6H2,1H3,(H,15,16). The molecule has 0 saturated heterocycles. The predicted molar refractivity (Wildman–Crippen MR) is 56.1 cm³/mol. The molecule has 0 aliphatic heterocycles. The number of nitrogens with one attached hydrogen (secondary N) is 1. The highest BCUT2D eigenvalue weighted by atomic mass is 16.4. The van der Waals surface area contributed by atoms with Crippen LogP contribution in [-0.4, -0.2) is 50.9 Å². The Morgan fingerprint density at radius 2 is 2.44 bits per heavy atom. The molecule has 0 spiro atoms. The molecule has 0 saturated carbocycles. The van der Waals surface area contributed by atoms with Gasteiger partial charge in [0, 0.05) is 13.2 Å². The molecular formula is C9H16N4O3. The van der Waals surface area contributed by atoms with Crippen LogP contribution in [0.25, 0.3) is 0 Å². The fourth-order valence-corrected chi connectivity index (χ4v) is 1.11. The fraction of sp³-hybridized carbons (Fsp3) is 0.667. The van der Waals surface area contributed by atoms with Crippen molar-refractivity contribution in [2.24, 2.45) is 5.92 Å². The second-order valence-corrected chi connectivity index (χ2v) is 3.66. The van der Waals surface area contributed by atoms with Gasteiger partial charge in [0.25, 0.3) is 0 Å². The summed E-state index contributed by atoms with van der Waals surface area (Å²) in [6.45, 7) is 4.02. The number of carboxylic acid groups (broad SMARTS) is 1. The van der Waals surface area contributed by atoms with E-state index in [-0.39, 0.29) is 18.2 Å². The molecule has 0 bridgehead atoms. The van der Waals surface area contributed by atoms with Gasteiger partial charge in [0.05, 0.1) is 12.7 Å². The number of nitrogens with zero attached hydrogens (tertiary/aromatic N) is 3. The third-order valence-corrected chi connectivity index (χ3v) is 2.08. The average Bonchev–Trinajstić information content (AvgIpc) is 2.72. The lowest BCUT2D eigenvalue weighted by atomic mass is 10.2. The van der Waals surface area contributed by atoms with Crippen LogP contribution in [0.4, 0.5) is 0 Å². The van der Waals surface area contributed by atoms with E-state index < -0.39 is 5.97 Å². The minimum absolute atomic E-state index is 0.0521. The molecule has 16 heavy (non-hydrogen) atoms. The summed E-state index contributed by atoms with van der Waals surface area (Å²) in [6, 6.07) is 0. The van der Waals surface area contributed by atoms with E-state index in [4.69, 9.17) is 10.2 Å². The fourth-order valence-electron chi connectivity index (χ4n) is 1.11. The Morgan fingerprint density at radius 1 is 1.69 bits per heavy atom. The molecule has 0 aliphatic rings. The summed E-state index contributed by atoms with van der Waals surface area (Å²) in [7, 11) is 0.